The predicted octanol–water partition coefficient (Wildman–Crippen LogP) is 3.59. The molecule has 0 unspecified atom stereocenters. The van der Waals surface area contributed by atoms with Crippen LogP contribution in [0.5, 0.6) is 0 Å². The van der Waals surface area contributed by atoms with Crippen molar-refractivity contribution in [1.29, 1.82) is 0 Å². The molecule has 0 atom stereocenters. The number of aliphatic imine (C=N–C) groups is 1. The highest BCUT2D eigenvalue weighted by molar-refractivity contribution is 7.98. The predicted molar refractivity (Wildman–Crippen MR) is 104 cm³/mol. The number of methoxy groups -OCH3 is 1. The molecular weight excluding hydrogens is 318 g/mol. The Balaban J connectivity index is 1.87. The number of benzene rings is 1. The molecule has 0 aromatic heterocycles. The highest BCUT2D eigenvalue weighted by Gasteiger charge is 2.36. The van der Waals surface area contributed by atoms with E-state index in [-0.39, 0.29) is 0 Å². The van der Waals surface area contributed by atoms with Crippen molar-refractivity contribution in [1.82, 2.24) is 10.6 Å². The minimum atomic E-state index is 0.391. The summed E-state index contributed by atoms with van der Waals surface area (Å²) in [5, 5.41) is 6.97. The van der Waals surface area contributed by atoms with Gasteiger partial charge in [0, 0.05) is 38.7 Å². The molecule has 2 N–H and O–H groups in total. The molecule has 0 spiro atoms. The molecule has 0 heterocycles. The monoisotopic (exact) mass is 349 g/mol. The second-order valence-electron chi connectivity index (χ2n) is 6.69. The normalized spacial score (nSPS) is 16.6. The molecule has 1 fully saturated rings. The molecule has 0 saturated heterocycles. The van der Waals surface area contributed by atoms with Crippen LogP contribution in [0, 0.1) is 12.3 Å². The average molecular weight is 350 g/mol. The van der Waals surface area contributed by atoms with E-state index < -0.39 is 0 Å². The van der Waals surface area contributed by atoms with Gasteiger partial charge in [-0.15, -0.1) is 11.8 Å². The third-order valence-electron chi connectivity index (χ3n) is 4.99. The summed E-state index contributed by atoms with van der Waals surface area (Å²) in [7, 11) is 3.62. The molecule has 0 amide bonds. The first-order chi connectivity index (χ1) is 11.6. The van der Waals surface area contributed by atoms with Crippen LogP contribution >= 0.6 is 11.8 Å². The van der Waals surface area contributed by atoms with E-state index in [4.69, 9.17) is 4.74 Å². The van der Waals surface area contributed by atoms with Gasteiger partial charge in [-0.25, -0.2) is 0 Å². The van der Waals surface area contributed by atoms with E-state index in [1.807, 2.05) is 7.05 Å². The fourth-order valence-electron chi connectivity index (χ4n) is 3.18. The van der Waals surface area contributed by atoms with Gasteiger partial charge in [0.25, 0.3) is 0 Å². The molecular formula is C19H31N3OS. The van der Waals surface area contributed by atoms with Gasteiger partial charge in [0.05, 0.1) is 0 Å². The minimum Gasteiger partial charge on any atom is -0.385 e. The lowest BCUT2D eigenvalue weighted by atomic mass is 9.67. The van der Waals surface area contributed by atoms with Crippen molar-refractivity contribution in [2.45, 2.75) is 44.0 Å². The largest absolute Gasteiger partial charge is 0.385 e. The molecule has 0 radical (unpaired) electrons. The lowest BCUT2D eigenvalue weighted by molar-refractivity contribution is 0.0732. The van der Waals surface area contributed by atoms with Gasteiger partial charge in [-0.2, -0.15) is 0 Å². The molecule has 24 heavy (non-hydrogen) atoms. The third kappa shape index (κ3) is 5.15. The van der Waals surface area contributed by atoms with Gasteiger partial charge in [0.15, 0.2) is 5.96 Å². The van der Waals surface area contributed by atoms with Crippen LogP contribution in [-0.2, 0) is 11.3 Å². The standard InChI is InChI=1S/C19H31N3OS/c1-15-6-7-16(17(12-15)24-4)13-21-18(20-2)22-14-19(8-5-9-19)10-11-23-3/h6-7,12H,5,8-11,13-14H2,1-4H3,(H2,20,21,22). The summed E-state index contributed by atoms with van der Waals surface area (Å²) in [5.41, 5.74) is 3.01. The van der Waals surface area contributed by atoms with Crippen LogP contribution in [0.1, 0.15) is 36.8 Å². The number of aryl methyl sites for hydroxylation is 1. The molecule has 4 nitrogen and oxygen atoms in total. The van der Waals surface area contributed by atoms with Crippen LogP contribution in [0.25, 0.3) is 0 Å². The summed E-state index contributed by atoms with van der Waals surface area (Å²) in [4.78, 5) is 5.70. The summed E-state index contributed by atoms with van der Waals surface area (Å²) < 4.78 is 5.27. The smallest absolute Gasteiger partial charge is 0.191 e. The summed E-state index contributed by atoms with van der Waals surface area (Å²) in [6.45, 7) is 4.74. The number of nitrogens with zero attached hydrogens (tertiary/aromatic N) is 1. The van der Waals surface area contributed by atoms with Crippen molar-refractivity contribution in [3.05, 3.63) is 29.3 Å². The molecule has 1 aromatic rings. The topological polar surface area (TPSA) is 45.7 Å². The minimum absolute atomic E-state index is 0.391. The SMILES string of the molecule is CN=C(NCc1ccc(C)cc1SC)NCC1(CCOC)CCC1. The molecule has 1 aliphatic carbocycles. The van der Waals surface area contributed by atoms with Crippen LogP contribution in [0.2, 0.25) is 0 Å². The third-order valence-corrected chi connectivity index (χ3v) is 5.81. The van der Waals surface area contributed by atoms with E-state index in [1.54, 1.807) is 18.9 Å². The average Bonchev–Trinajstić information content (AvgIpc) is 2.56. The first kappa shape index (κ1) is 19.1. The lowest BCUT2D eigenvalue weighted by Gasteiger charge is -2.42. The summed E-state index contributed by atoms with van der Waals surface area (Å²) in [5.74, 6) is 0.881. The maximum absolute atomic E-state index is 5.27. The molecule has 1 aliphatic rings. The van der Waals surface area contributed by atoms with Gasteiger partial charge in [0.2, 0.25) is 0 Å². The number of hydrogen-bond donors (Lipinski definition) is 2. The van der Waals surface area contributed by atoms with E-state index in [2.05, 4.69) is 47.0 Å². The first-order valence-electron chi connectivity index (χ1n) is 8.69. The highest BCUT2D eigenvalue weighted by atomic mass is 32.2. The summed E-state index contributed by atoms with van der Waals surface area (Å²) in [6, 6.07) is 6.61. The van der Waals surface area contributed by atoms with Crippen molar-refractivity contribution in [3.63, 3.8) is 0 Å². The van der Waals surface area contributed by atoms with Crippen LogP contribution in [-0.4, -0.2) is 39.5 Å². The molecule has 2 rings (SSSR count). The van der Waals surface area contributed by atoms with Crippen molar-refractivity contribution in [2.75, 3.05) is 33.6 Å². The van der Waals surface area contributed by atoms with Crippen molar-refractivity contribution >= 4 is 17.7 Å². The molecule has 1 aromatic carbocycles. The van der Waals surface area contributed by atoms with Crippen LogP contribution < -0.4 is 10.6 Å². The van der Waals surface area contributed by atoms with Crippen molar-refractivity contribution < 1.29 is 4.74 Å². The maximum Gasteiger partial charge on any atom is 0.191 e. The van der Waals surface area contributed by atoms with Gasteiger partial charge in [-0.05, 0) is 55.1 Å². The van der Waals surface area contributed by atoms with Gasteiger partial charge in [0.1, 0.15) is 0 Å². The number of guanidine groups is 1. The first-order valence-corrected chi connectivity index (χ1v) is 9.92. The van der Waals surface area contributed by atoms with Crippen LogP contribution in [0.4, 0.5) is 0 Å². The van der Waals surface area contributed by atoms with Gasteiger partial charge >= 0.3 is 0 Å². The molecule has 0 bridgehead atoms. The Labute approximate surface area is 150 Å². The van der Waals surface area contributed by atoms with E-state index in [0.717, 1.165) is 32.1 Å². The zero-order valence-corrected chi connectivity index (χ0v) is 16.3. The second-order valence-corrected chi connectivity index (χ2v) is 7.54. The zero-order chi connectivity index (χ0) is 17.4. The highest BCUT2D eigenvalue weighted by Crippen LogP contribution is 2.43. The Morgan fingerprint density at radius 2 is 2.12 bits per heavy atom. The number of nitrogens with one attached hydrogen (secondary N) is 2. The van der Waals surface area contributed by atoms with Crippen molar-refractivity contribution in [2.24, 2.45) is 10.4 Å². The van der Waals surface area contributed by atoms with Crippen LogP contribution in [0.3, 0.4) is 0 Å². The Hall–Kier alpha value is -1.20. The van der Waals surface area contributed by atoms with Gasteiger partial charge in [-0.3, -0.25) is 4.99 Å². The molecule has 134 valence electrons. The second kappa shape index (κ2) is 9.33. The van der Waals surface area contributed by atoms with E-state index in [9.17, 15) is 0 Å². The fourth-order valence-corrected chi connectivity index (χ4v) is 3.89. The molecule has 1 saturated carbocycles. The molecule has 0 aliphatic heterocycles. The zero-order valence-electron chi connectivity index (χ0n) is 15.4. The Morgan fingerprint density at radius 1 is 1.33 bits per heavy atom. The lowest BCUT2D eigenvalue weighted by Crippen LogP contribution is -2.46. The number of hydrogen-bond acceptors (Lipinski definition) is 3. The number of ether oxygens (including phenoxy) is 1. The van der Waals surface area contributed by atoms with Gasteiger partial charge < -0.3 is 15.4 Å². The van der Waals surface area contributed by atoms with Crippen molar-refractivity contribution in [3.8, 4) is 0 Å². The van der Waals surface area contributed by atoms with Crippen LogP contribution in [0.15, 0.2) is 28.1 Å². The maximum atomic E-state index is 5.27. The van der Waals surface area contributed by atoms with E-state index in [0.29, 0.717) is 5.41 Å². The quantitative estimate of drug-likeness (QED) is 0.428. The van der Waals surface area contributed by atoms with E-state index >= 15 is 0 Å². The number of thioether (sulfide) groups is 1. The fraction of sp³-hybridized carbons (Fsp3) is 0.632. The summed E-state index contributed by atoms with van der Waals surface area (Å²) >= 11 is 1.79. The Morgan fingerprint density at radius 3 is 2.71 bits per heavy atom. The number of rotatable bonds is 8. The van der Waals surface area contributed by atoms with Gasteiger partial charge in [-0.1, -0.05) is 18.6 Å². The molecule has 5 heteroatoms. The Kier molecular flexibility index (Phi) is 7.43. The summed E-state index contributed by atoms with van der Waals surface area (Å²) in [6.07, 6.45) is 7.16. The van der Waals surface area contributed by atoms with E-state index in [1.165, 1.54) is 35.3 Å². The Bertz CT molecular complexity index is 556.